The number of benzene rings is 5. The summed E-state index contributed by atoms with van der Waals surface area (Å²) < 4.78 is 50.9. The summed E-state index contributed by atoms with van der Waals surface area (Å²) in [5, 5.41) is 0. The fraction of sp³-hybridized carbons (Fsp3) is 0.139. The molecular formula is C36H32FN3O4S. The standard InChI is InChI=1S/C36H32FN3O4S/c1-3-44-29-19-17-28(18-20-29)40-35(31-11-7-8-12-33(31)37)39(24-26-9-5-4-6-10-26)34-22-21-30(23-32(34)36(40)41)45(42,43)38-27-15-13-25(2)14-16-27/h4-23,35,38H,3,24H2,1-2H3/t35-/m0/s1. The van der Waals surface area contributed by atoms with Crippen molar-refractivity contribution in [3.63, 3.8) is 0 Å². The van der Waals surface area contributed by atoms with Crippen molar-refractivity contribution < 1.29 is 22.3 Å². The molecule has 1 N–H and O–H groups in total. The van der Waals surface area contributed by atoms with Crippen molar-refractivity contribution in [1.82, 2.24) is 0 Å². The summed E-state index contributed by atoms with van der Waals surface area (Å²) >= 11 is 0. The van der Waals surface area contributed by atoms with Crippen LogP contribution in [-0.4, -0.2) is 20.9 Å². The molecule has 5 aromatic carbocycles. The van der Waals surface area contributed by atoms with Crippen molar-refractivity contribution in [2.45, 2.75) is 31.5 Å². The van der Waals surface area contributed by atoms with Gasteiger partial charge in [0.25, 0.3) is 15.9 Å². The first-order valence-corrected chi connectivity index (χ1v) is 16.1. The Morgan fingerprint density at radius 3 is 2.22 bits per heavy atom. The van der Waals surface area contributed by atoms with Gasteiger partial charge in [-0.05, 0) is 80.1 Å². The zero-order chi connectivity index (χ0) is 31.6. The van der Waals surface area contributed by atoms with Crippen LogP contribution < -0.4 is 19.3 Å². The molecule has 0 bridgehead atoms. The third-order valence-electron chi connectivity index (χ3n) is 7.69. The maximum absolute atomic E-state index is 15.6. The lowest BCUT2D eigenvalue weighted by Gasteiger charge is -2.46. The minimum absolute atomic E-state index is 0.0641. The monoisotopic (exact) mass is 621 g/mol. The number of anilines is 3. The first-order valence-electron chi connectivity index (χ1n) is 14.6. The Labute approximate surface area is 262 Å². The van der Waals surface area contributed by atoms with Crippen LogP contribution in [-0.2, 0) is 16.6 Å². The number of halogens is 1. The number of rotatable bonds is 9. The molecule has 9 heteroatoms. The molecule has 0 radical (unpaired) electrons. The number of carbonyl (C=O) groups is 1. The zero-order valence-corrected chi connectivity index (χ0v) is 25.7. The van der Waals surface area contributed by atoms with E-state index in [2.05, 4.69) is 4.72 Å². The highest BCUT2D eigenvalue weighted by atomic mass is 32.2. The Kier molecular flexibility index (Phi) is 8.28. The average molecular weight is 622 g/mol. The summed E-state index contributed by atoms with van der Waals surface area (Å²) in [5.41, 5.74) is 3.82. The number of fused-ring (bicyclic) bond motifs is 1. The van der Waals surface area contributed by atoms with Gasteiger partial charge in [0.1, 0.15) is 17.7 Å². The maximum Gasteiger partial charge on any atom is 0.262 e. The second-order valence-corrected chi connectivity index (χ2v) is 12.4. The molecule has 7 nitrogen and oxygen atoms in total. The molecule has 0 aliphatic carbocycles. The van der Waals surface area contributed by atoms with Crippen molar-refractivity contribution in [3.8, 4) is 5.75 Å². The van der Waals surface area contributed by atoms with E-state index in [0.717, 1.165) is 11.1 Å². The summed E-state index contributed by atoms with van der Waals surface area (Å²) in [7, 11) is -4.04. The normalized spacial score (nSPS) is 14.6. The highest BCUT2D eigenvalue weighted by molar-refractivity contribution is 7.92. The summed E-state index contributed by atoms with van der Waals surface area (Å²) in [5.74, 6) is -0.293. The van der Waals surface area contributed by atoms with Crippen LogP contribution in [0.2, 0.25) is 0 Å². The predicted molar refractivity (Wildman–Crippen MR) is 175 cm³/mol. The summed E-state index contributed by atoms with van der Waals surface area (Å²) in [6, 6.07) is 34.6. The lowest BCUT2D eigenvalue weighted by molar-refractivity contribution is 0.0967. The molecule has 0 saturated carbocycles. The quantitative estimate of drug-likeness (QED) is 0.183. The van der Waals surface area contributed by atoms with Gasteiger partial charge in [0.05, 0.1) is 22.8 Å². The van der Waals surface area contributed by atoms with Gasteiger partial charge in [0, 0.05) is 23.5 Å². The van der Waals surface area contributed by atoms with E-state index in [1.54, 1.807) is 60.7 Å². The smallest absolute Gasteiger partial charge is 0.262 e. The van der Waals surface area contributed by atoms with Crippen molar-refractivity contribution in [3.05, 3.63) is 149 Å². The Bertz CT molecular complexity index is 1930. The number of nitrogens with one attached hydrogen (secondary N) is 1. The Hall–Kier alpha value is -5.15. The van der Waals surface area contributed by atoms with Gasteiger partial charge in [0.15, 0.2) is 0 Å². The van der Waals surface area contributed by atoms with E-state index < -0.39 is 27.9 Å². The minimum atomic E-state index is -4.04. The lowest BCUT2D eigenvalue weighted by atomic mass is 9.98. The molecule has 6 rings (SSSR count). The molecule has 1 amide bonds. The van der Waals surface area contributed by atoms with Crippen LogP contribution in [0.15, 0.2) is 126 Å². The number of hydrogen-bond acceptors (Lipinski definition) is 5. The minimum Gasteiger partial charge on any atom is -0.494 e. The van der Waals surface area contributed by atoms with Gasteiger partial charge in [-0.3, -0.25) is 14.4 Å². The second-order valence-electron chi connectivity index (χ2n) is 10.8. The fourth-order valence-electron chi connectivity index (χ4n) is 5.52. The number of hydrogen-bond donors (Lipinski definition) is 1. The SMILES string of the molecule is CCOc1ccc(N2C(=O)c3cc(S(=O)(=O)Nc4ccc(C)cc4)ccc3N(Cc3ccccc3)[C@@H]2c2ccccc2F)cc1. The van der Waals surface area contributed by atoms with Crippen LogP contribution >= 0.6 is 0 Å². The third-order valence-corrected chi connectivity index (χ3v) is 9.06. The van der Waals surface area contributed by atoms with E-state index in [-0.39, 0.29) is 10.5 Å². The molecule has 45 heavy (non-hydrogen) atoms. The summed E-state index contributed by atoms with van der Waals surface area (Å²) in [6.45, 7) is 4.60. The van der Waals surface area contributed by atoms with E-state index in [1.807, 2.05) is 61.2 Å². The van der Waals surface area contributed by atoms with Gasteiger partial charge in [-0.25, -0.2) is 12.8 Å². The lowest BCUT2D eigenvalue weighted by Crippen LogP contribution is -2.50. The van der Waals surface area contributed by atoms with E-state index in [0.29, 0.717) is 41.5 Å². The van der Waals surface area contributed by atoms with Crippen LogP contribution in [0.4, 0.5) is 21.5 Å². The molecule has 0 spiro atoms. The summed E-state index contributed by atoms with van der Waals surface area (Å²) in [6.07, 6.45) is -0.877. The van der Waals surface area contributed by atoms with Crippen LogP contribution in [0.25, 0.3) is 0 Å². The highest BCUT2D eigenvalue weighted by Crippen LogP contribution is 2.44. The van der Waals surface area contributed by atoms with Crippen molar-refractivity contribution >= 4 is 33.0 Å². The number of ether oxygens (including phenoxy) is 1. The van der Waals surface area contributed by atoms with Gasteiger partial charge in [-0.2, -0.15) is 0 Å². The highest BCUT2D eigenvalue weighted by Gasteiger charge is 2.41. The molecule has 0 saturated heterocycles. The molecule has 0 fully saturated rings. The number of aryl methyl sites for hydroxylation is 1. The third kappa shape index (κ3) is 6.12. The number of carbonyl (C=O) groups excluding carboxylic acids is 1. The largest absolute Gasteiger partial charge is 0.494 e. The Morgan fingerprint density at radius 1 is 0.844 bits per heavy atom. The van der Waals surface area contributed by atoms with E-state index in [1.165, 1.54) is 23.1 Å². The van der Waals surface area contributed by atoms with E-state index in [4.69, 9.17) is 4.74 Å². The van der Waals surface area contributed by atoms with Crippen molar-refractivity contribution in [2.75, 3.05) is 21.1 Å². The van der Waals surface area contributed by atoms with Crippen molar-refractivity contribution in [1.29, 1.82) is 0 Å². The first kappa shape index (κ1) is 29.9. The van der Waals surface area contributed by atoms with Gasteiger partial charge < -0.3 is 9.64 Å². The topological polar surface area (TPSA) is 78.9 Å². The van der Waals surface area contributed by atoms with Gasteiger partial charge >= 0.3 is 0 Å². The molecule has 228 valence electrons. The Balaban J connectivity index is 1.52. The predicted octanol–water partition coefficient (Wildman–Crippen LogP) is 7.70. The van der Waals surface area contributed by atoms with Crippen LogP contribution in [0.1, 0.15) is 40.1 Å². The van der Waals surface area contributed by atoms with Crippen molar-refractivity contribution in [2.24, 2.45) is 0 Å². The van der Waals surface area contributed by atoms with Gasteiger partial charge in [0.2, 0.25) is 0 Å². The van der Waals surface area contributed by atoms with Crippen LogP contribution in [0.5, 0.6) is 5.75 Å². The fourth-order valence-corrected chi connectivity index (χ4v) is 6.61. The average Bonchev–Trinajstić information content (AvgIpc) is 3.04. The number of sulfonamides is 1. The molecule has 1 atom stereocenters. The molecule has 1 aliphatic rings. The Morgan fingerprint density at radius 2 is 1.53 bits per heavy atom. The van der Waals surface area contributed by atoms with Crippen LogP contribution in [0.3, 0.4) is 0 Å². The second kappa shape index (κ2) is 12.5. The first-order chi connectivity index (χ1) is 21.7. The maximum atomic E-state index is 15.6. The molecule has 0 aromatic heterocycles. The van der Waals surface area contributed by atoms with Gasteiger partial charge in [-0.1, -0.05) is 66.2 Å². The van der Waals surface area contributed by atoms with Gasteiger partial charge in [-0.15, -0.1) is 0 Å². The van der Waals surface area contributed by atoms with E-state index >= 15 is 4.39 Å². The van der Waals surface area contributed by atoms with Crippen LogP contribution in [0, 0.1) is 12.7 Å². The molecule has 0 unspecified atom stereocenters. The number of amides is 1. The zero-order valence-electron chi connectivity index (χ0n) is 24.9. The molecule has 5 aromatic rings. The molecule has 1 aliphatic heterocycles. The number of nitrogens with zero attached hydrogens (tertiary/aromatic N) is 2. The van der Waals surface area contributed by atoms with E-state index in [9.17, 15) is 13.2 Å². The summed E-state index contributed by atoms with van der Waals surface area (Å²) in [4.78, 5) is 17.9. The molecule has 1 heterocycles. The molecular weight excluding hydrogens is 589 g/mol.